The third-order valence-electron chi connectivity index (χ3n) is 3.50. The zero-order chi connectivity index (χ0) is 16.5. The summed E-state index contributed by atoms with van der Waals surface area (Å²) in [5, 5.41) is 0. The van der Waals surface area contributed by atoms with Gasteiger partial charge < -0.3 is 0 Å². The topological polar surface area (TPSA) is 46.2 Å². The Kier molecular flexibility index (Phi) is 6.56. The van der Waals surface area contributed by atoms with Gasteiger partial charge in [-0.1, -0.05) is 60.2 Å². The second-order valence-electron chi connectivity index (χ2n) is 5.46. The monoisotopic (exact) mass is 329 g/mol. The Morgan fingerprint density at radius 3 is 2.61 bits per heavy atom. The molecule has 1 aromatic carbocycles. The van der Waals surface area contributed by atoms with E-state index in [-0.39, 0.29) is 6.54 Å². The number of nitrogens with one attached hydrogen (secondary N) is 1. The van der Waals surface area contributed by atoms with Crippen molar-refractivity contribution < 1.29 is 8.42 Å². The Morgan fingerprint density at radius 2 is 1.83 bits per heavy atom. The van der Waals surface area contributed by atoms with Gasteiger partial charge in [0.15, 0.2) is 0 Å². The lowest BCUT2D eigenvalue weighted by molar-refractivity contribution is 0.585. The van der Waals surface area contributed by atoms with Crippen LogP contribution in [0.5, 0.6) is 0 Å². The molecule has 2 rings (SSSR count). The van der Waals surface area contributed by atoms with Crippen molar-refractivity contribution >= 4 is 10.0 Å². The minimum absolute atomic E-state index is 0.275. The molecular weight excluding hydrogens is 306 g/mol. The summed E-state index contributed by atoms with van der Waals surface area (Å²) in [6.45, 7) is 2.21. The van der Waals surface area contributed by atoms with Crippen LogP contribution in [0.1, 0.15) is 24.8 Å². The van der Waals surface area contributed by atoms with E-state index >= 15 is 0 Å². The molecule has 4 heteroatoms. The largest absolute Gasteiger partial charge is 0.240 e. The highest BCUT2D eigenvalue weighted by Gasteiger charge is 2.11. The van der Waals surface area contributed by atoms with Gasteiger partial charge in [0.1, 0.15) is 0 Å². The standard InChI is InChI=1S/C19H23NO2S/c1-17-12-14-19(15-13-17)23(21,22)20-16-8-11-18-9-6-4-2-3-5-7-10-18/h2,4,7-15,20H,3,5-6,16H2,1H3/b4-2-,10-7-,11-8+,18-9+. The molecule has 3 nitrogen and oxygen atoms in total. The molecule has 0 amide bonds. The van der Waals surface area contributed by atoms with Gasteiger partial charge in [-0.05, 0) is 43.9 Å². The predicted molar refractivity (Wildman–Crippen MR) is 95.7 cm³/mol. The molecule has 0 saturated carbocycles. The molecular formula is C19H23NO2S. The number of sulfonamides is 1. The molecule has 0 bridgehead atoms. The SMILES string of the molecule is Cc1ccc(S(=O)(=O)NC/C=C/C2=C/C/C=C\CC/C=C\2)cc1. The van der Waals surface area contributed by atoms with Gasteiger partial charge in [-0.15, -0.1) is 0 Å². The summed E-state index contributed by atoms with van der Waals surface area (Å²) in [5.41, 5.74) is 2.14. The highest BCUT2D eigenvalue weighted by Crippen LogP contribution is 2.10. The first-order valence-electron chi connectivity index (χ1n) is 7.82. The summed E-state index contributed by atoms with van der Waals surface area (Å²) in [7, 11) is -3.45. The van der Waals surface area contributed by atoms with Gasteiger partial charge in [0.25, 0.3) is 0 Å². The average molecular weight is 329 g/mol. The zero-order valence-corrected chi connectivity index (χ0v) is 14.2. The Hall–Kier alpha value is -1.91. The Morgan fingerprint density at radius 1 is 1.09 bits per heavy atom. The van der Waals surface area contributed by atoms with Crippen molar-refractivity contribution in [1.82, 2.24) is 4.72 Å². The van der Waals surface area contributed by atoms with Crippen LogP contribution in [0.2, 0.25) is 0 Å². The summed E-state index contributed by atoms with van der Waals surface area (Å²) in [6.07, 6.45) is 17.5. The quantitative estimate of drug-likeness (QED) is 0.828. The highest BCUT2D eigenvalue weighted by molar-refractivity contribution is 7.89. The lowest BCUT2D eigenvalue weighted by Gasteiger charge is -2.04. The van der Waals surface area contributed by atoms with Crippen LogP contribution in [0.25, 0.3) is 0 Å². The van der Waals surface area contributed by atoms with Crippen LogP contribution in [0.15, 0.2) is 77.3 Å². The fourth-order valence-electron chi connectivity index (χ4n) is 2.18. The normalized spacial score (nSPS) is 21.0. The third kappa shape index (κ3) is 6.00. The van der Waals surface area contributed by atoms with E-state index in [1.165, 1.54) is 0 Å². The van der Waals surface area contributed by atoms with Gasteiger partial charge in [-0.25, -0.2) is 13.1 Å². The molecule has 0 spiro atoms. The maximum Gasteiger partial charge on any atom is 0.240 e. The minimum atomic E-state index is -3.45. The molecule has 1 aromatic rings. The molecule has 1 N–H and O–H groups in total. The maximum atomic E-state index is 12.2. The van der Waals surface area contributed by atoms with Crippen molar-refractivity contribution in [1.29, 1.82) is 0 Å². The molecule has 0 atom stereocenters. The van der Waals surface area contributed by atoms with E-state index in [1.807, 2.05) is 19.1 Å². The summed E-state index contributed by atoms with van der Waals surface area (Å²) in [4.78, 5) is 0.295. The van der Waals surface area contributed by atoms with Crippen LogP contribution in [-0.2, 0) is 10.0 Å². The predicted octanol–water partition coefficient (Wildman–Crippen LogP) is 4.05. The van der Waals surface area contributed by atoms with E-state index < -0.39 is 10.0 Å². The highest BCUT2D eigenvalue weighted by atomic mass is 32.2. The third-order valence-corrected chi connectivity index (χ3v) is 4.94. The van der Waals surface area contributed by atoms with Gasteiger partial charge in [0, 0.05) is 6.54 Å². The van der Waals surface area contributed by atoms with E-state index in [2.05, 4.69) is 35.1 Å². The van der Waals surface area contributed by atoms with Crippen molar-refractivity contribution in [2.75, 3.05) is 6.54 Å². The van der Waals surface area contributed by atoms with Crippen LogP contribution >= 0.6 is 0 Å². The van der Waals surface area contributed by atoms with Crippen LogP contribution in [-0.4, -0.2) is 15.0 Å². The first-order valence-corrected chi connectivity index (χ1v) is 9.31. The second-order valence-corrected chi connectivity index (χ2v) is 7.23. The fraction of sp³-hybridized carbons (Fsp3) is 0.263. The van der Waals surface area contributed by atoms with Crippen molar-refractivity contribution in [3.05, 3.63) is 77.9 Å². The van der Waals surface area contributed by atoms with E-state index in [4.69, 9.17) is 0 Å². The summed E-state index contributed by atoms with van der Waals surface area (Å²) in [5.74, 6) is 0. The Labute approximate surface area is 139 Å². The molecule has 0 unspecified atom stereocenters. The summed E-state index contributed by atoms with van der Waals surface area (Å²) >= 11 is 0. The molecule has 0 heterocycles. The average Bonchev–Trinajstić information content (AvgIpc) is 2.66. The van der Waals surface area contributed by atoms with Crippen molar-refractivity contribution in [3.8, 4) is 0 Å². The molecule has 0 fully saturated rings. The van der Waals surface area contributed by atoms with E-state index in [9.17, 15) is 8.42 Å². The van der Waals surface area contributed by atoms with Crippen molar-refractivity contribution in [2.45, 2.75) is 31.1 Å². The Balaban J connectivity index is 1.93. The number of aryl methyl sites for hydroxylation is 1. The number of hydrogen-bond acceptors (Lipinski definition) is 2. The number of allylic oxidation sites excluding steroid dienone is 7. The fourth-order valence-corrected chi connectivity index (χ4v) is 3.15. The first kappa shape index (κ1) is 17.4. The Bertz CT molecular complexity index is 723. The number of hydrogen-bond donors (Lipinski definition) is 1. The molecule has 0 aliphatic heterocycles. The summed E-state index contributed by atoms with van der Waals surface area (Å²) in [6, 6.07) is 6.84. The van der Waals surface area contributed by atoms with Gasteiger partial charge in [-0.3, -0.25) is 0 Å². The van der Waals surface area contributed by atoms with Crippen LogP contribution in [0.3, 0.4) is 0 Å². The lowest BCUT2D eigenvalue weighted by Crippen LogP contribution is -2.23. The van der Waals surface area contributed by atoms with Gasteiger partial charge in [-0.2, -0.15) is 0 Å². The molecule has 122 valence electrons. The van der Waals surface area contributed by atoms with Gasteiger partial charge >= 0.3 is 0 Å². The van der Waals surface area contributed by atoms with Gasteiger partial charge in [0.2, 0.25) is 10.0 Å². The van der Waals surface area contributed by atoms with Crippen molar-refractivity contribution in [2.24, 2.45) is 0 Å². The molecule has 0 saturated heterocycles. The van der Waals surface area contributed by atoms with E-state index in [0.717, 1.165) is 30.4 Å². The van der Waals surface area contributed by atoms with Crippen LogP contribution in [0, 0.1) is 6.92 Å². The zero-order valence-electron chi connectivity index (χ0n) is 13.4. The van der Waals surface area contributed by atoms with Crippen molar-refractivity contribution in [3.63, 3.8) is 0 Å². The van der Waals surface area contributed by atoms with E-state index in [0.29, 0.717) is 4.90 Å². The second kappa shape index (κ2) is 8.65. The number of rotatable bonds is 5. The first-order chi connectivity index (χ1) is 11.1. The van der Waals surface area contributed by atoms with Gasteiger partial charge in [0.05, 0.1) is 4.90 Å². The minimum Gasteiger partial charge on any atom is -0.207 e. The van der Waals surface area contributed by atoms with Crippen LogP contribution < -0.4 is 4.72 Å². The molecule has 1 aliphatic rings. The maximum absolute atomic E-state index is 12.2. The number of benzene rings is 1. The van der Waals surface area contributed by atoms with E-state index in [1.54, 1.807) is 24.3 Å². The summed E-state index contributed by atoms with van der Waals surface area (Å²) < 4.78 is 26.9. The smallest absolute Gasteiger partial charge is 0.207 e. The molecule has 1 aliphatic carbocycles. The van der Waals surface area contributed by atoms with Crippen LogP contribution in [0.4, 0.5) is 0 Å². The molecule has 23 heavy (non-hydrogen) atoms. The molecule has 0 radical (unpaired) electrons. The molecule has 0 aromatic heterocycles. The lowest BCUT2D eigenvalue weighted by atomic mass is 10.2.